The summed E-state index contributed by atoms with van der Waals surface area (Å²) in [5.41, 5.74) is 6.79. The highest BCUT2D eigenvalue weighted by Gasteiger charge is 2.37. The number of amides is 1. The second kappa shape index (κ2) is 6.44. The maximum Gasteiger partial charge on any atom is 0.225 e. The van der Waals surface area contributed by atoms with E-state index in [9.17, 15) is 4.79 Å². The topological polar surface area (TPSA) is 55.1 Å². The van der Waals surface area contributed by atoms with Crippen LogP contribution in [-0.2, 0) is 4.79 Å². The van der Waals surface area contributed by atoms with Gasteiger partial charge in [-0.05, 0) is 42.7 Å². The van der Waals surface area contributed by atoms with Crippen LogP contribution in [0, 0.1) is 5.41 Å². The smallest absolute Gasteiger partial charge is 0.225 e. The number of rotatable bonds is 6. The molecule has 0 heterocycles. The largest absolute Gasteiger partial charge is 0.330 e. The van der Waals surface area contributed by atoms with Crippen molar-refractivity contribution in [3.8, 4) is 0 Å². The van der Waals surface area contributed by atoms with E-state index < -0.39 is 0 Å². The Hall–Kier alpha value is -1.00. The minimum absolute atomic E-state index is 0.0664. The maximum atomic E-state index is 12.2. The molecule has 3 nitrogen and oxygen atoms in total. The van der Waals surface area contributed by atoms with Gasteiger partial charge in [-0.3, -0.25) is 4.79 Å². The van der Waals surface area contributed by atoms with Crippen molar-refractivity contribution in [1.29, 1.82) is 0 Å². The quantitative estimate of drug-likeness (QED) is 0.785. The third-order valence-electron chi connectivity index (χ3n) is 3.84. The number of hydrogen-bond donors (Lipinski definition) is 2. The van der Waals surface area contributed by atoms with Crippen molar-refractivity contribution in [2.75, 3.05) is 17.6 Å². The summed E-state index contributed by atoms with van der Waals surface area (Å²) >= 11 is 1.75. The summed E-state index contributed by atoms with van der Waals surface area (Å²) in [5, 5.41) is 3.04. The third kappa shape index (κ3) is 3.51. The van der Waals surface area contributed by atoms with Gasteiger partial charge in [-0.25, -0.2) is 0 Å². The molecule has 0 aliphatic heterocycles. The van der Waals surface area contributed by atoms with Crippen LogP contribution < -0.4 is 11.1 Å². The molecule has 0 spiro atoms. The Balaban J connectivity index is 1.98. The molecule has 2 rings (SSSR count). The summed E-state index contributed by atoms with van der Waals surface area (Å²) in [7, 11) is 0. The van der Waals surface area contributed by atoms with Crippen LogP contribution in [-0.4, -0.2) is 18.2 Å². The lowest BCUT2D eigenvalue weighted by molar-refractivity contribution is -0.119. The number of nitrogens with one attached hydrogen (secondary N) is 1. The van der Waals surface area contributed by atoms with Gasteiger partial charge in [0, 0.05) is 11.3 Å². The Morgan fingerprint density at radius 3 is 2.74 bits per heavy atom. The minimum atomic E-state index is 0.0664. The van der Waals surface area contributed by atoms with Crippen LogP contribution in [0.25, 0.3) is 0 Å². The molecule has 1 aliphatic rings. The van der Waals surface area contributed by atoms with Crippen LogP contribution >= 0.6 is 11.8 Å². The molecule has 104 valence electrons. The summed E-state index contributed by atoms with van der Waals surface area (Å²) in [5.74, 6) is 1.09. The van der Waals surface area contributed by atoms with Gasteiger partial charge in [0.05, 0.1) is 5.69 Å². The van der Waals surface area contributed by atoms with Crippen molar-refractivity contribution in [3.05, 3.63) is 24.3 Å². The normalized spacial score (nSPS) is 16.7. The van der Waals surface area contributed by atoms with Gasteiger partial charge in [-0.1, -0.05) is 25.5 Å². The number of thioether (sulfide) groups is 1. The molecule has 4 heteroatoms. The lowest BCUT2D eigenvalue weighted by Crippen LogP contribution is -2.40. The lowest BCUT2D eigenvalue weighted by Gasteiger charge is -2.40. The summed E-state index contributed by atoms with van der Waals surface area (Å²) < 4.78 is 0. The Kier molecular flexibility index (Phi) is 4.88. The van der Waals surface area contributed by atoms with E-state index in [0.29, 0.717) is 13.0 Å². The number of para-hydroxylation sites is 1. The second-order valence-electron chi connectivity index (χ2n) is 5.21. The summed E-state index contributed by atoms with van der Waals surface area (Å²) in [4.78, 5) is 13.3. The molecule has 19 heavy (non-hydrogen) atoms. The molecule has 1 fully saturated rings. The van der Waals surface area contributed by atoms with Crippen LogP contribution in [0.1, 0.15) is 32.6 Å². The molecule has 1 aliphatic carbocycles. The van der Waals surface area contributed by atoms with Gasteiger partial charge in [-0.2, -0.15) is 0 Å². The Morgan fingerprint density at radius 1 is 1.42 bits per heavy atom. The first-order valence-electron chi connectivity index (χ1n) is 6.91. The van der Waals surface area contributed by atoms with Gasteiger partial charge in [0.25, 0.3) is 0 Å². The van der Waals surface area contributed by atoms with Gasteiger partial charge in [0.1, 0.15) is 0 Å². The van der Waals surface area contributed by atoms with E-state index in [0.717, 1.165) is 29.2 Å². The highest BCUT2D eigenvalue weighted by atomic mass is 32.2. The molecule has 1 aromatic rings. The maximum absolute atomic E-state index is 12.2. The molecule has 0 bridgehead atoms. The van der Waals surface area contributed by atoms with E-state index in [1.165, 1.54) is 6.42 Å². The zero-order valence-corrected chi connectivity index (χ0v) is 12.3. The van der Waals surface area contributed by atoms with Crippen LogP contribution in [0.3, 0.4) is 0 Å². The molecule has 1 saturated carbocycles. The number of nitrogens with two attached hydrogens (primary N) is 1. The Labute approximate surface area is 119 Å². The Morgan fingerprint density at radius 2 is 2.16 bits per heavy atom. The van der Waals surface area contributed by atoms with Crippen molar-refractivity contribution in [3.63, 3.8) is 0 Å². The highest BCUT2D eigenvalue weighted by molar-refractivity contribution is 7.99. The van der Waals surface area contributed by atoms with Crippen molar-refractivity contribution in [2.24, 2.45) is 11.1 Å². The molecule has 3 N–H and O–H groups in total. The van der Waals surface area contributed by atoms with E-state index >= 15 is 0 Å². The minimum Gasteiger partial charge on any atom is -0.330 e. The monoisotopic (exact) mass is 278 g/mol. The van der Waals surface area contributed by atoms with Crippen LogP contribution in [0.2, 0.25) is 0 Å². The number of benzene rings is 1. The lowest BCUT2D eigenvalue weighted by atomic mass is 9.66. The first-order chi connectivity index (χ1) is 9.19. The summed E-state index contributed by atoms with van der Waals surface area (Å²) in [6.45, 7) is 2.73. The van der Waals surface area contributed by atoms with Gasteiger partial charge in [0.15, 0.2) is 0 Å². The average Bonchev–Trinajstić information content (AvgIpc) is 2.36. The summed E-state index contributed by atoms with van der Waals surface area (Å²) in [6.07, 6.45) is 3.92. The van der Waals surface area contributed by atoms with E-state index in [-0.39, 0.29) is 11.3 Å². The van der Waals surface area contributed by atoms with E-state index in [2.05, 4.69) is 12.2 Å². The number of anilines is 1. The molecule has 0 saturated heterocycles. The molecule has 0 atom stereocenters. The van der Waals surface area contributed by atoms with Gasteiger partial charge < -0.3 is 11.1 Å². The third-order valence-corrected chi connectivity index (χ3v) is 4.80. The number of carbonyl (C=O) groups excluding carboxylic acids is 1. The molecule has 0 radical (unpaired) electrons. The van der Waals surface area contributed by atoms with Crippen molar-refractivity contribution >= 4 is 23.4 Å². The standard InChI is InChI=1S/C15H22N2OS/c1-2-19-13-7-4-3-6-12(13)17-14(18)10-15(11-16)8-5-9-15/h3-4,6-7H,2,5,8-11,16H2,1H3,(H,17,18). The molecule has 1 amide bonds. The van der Waals surface area contributed by atoms with Gasteiger partial charge in [-0.15, -0.1) is 11.8 Å². The van der Waals surface area contributed by atoms with Crippen LogP contribution in [0.4, 0.5) is 5.69 Å². The molecular formula is C15H22N2OS. The van der Waals surface area contributed by atoms with Crippen molar-refractivity contribution in [2.45, 2.75) is 37.5 Å². The first-order valence-corrected chi connectivity index (χ1v) is 7.89. The predicted octanol–water partition coefficient (Wildman–Crippen LogP) is 3.26. The van der Waals surface area contributed by atoms with Gasteiger partial charge >= 0.3 is 0 Å². The highest BCUT2D eigenvalue weighted by Crippen LogP contribution is 2.43. The number of carbonyl (C=O) groups is 1. The zero-order valence-electron chi connectivity index (χ0n) is 11.4. The molecule has 0 unspecified atom stereocenters. The zero-order chi connectivity index (χ0) is 13.7. The van der Waals surface area contributed by atoms with E-state index in [4.69, 9.17) is 5.73 Å². The fraction of sp³-hybridized carbons (Fsp3) is 0.533. The van der Waals surface area contributed by atoms with Crippen LogP contribution in [0.15, 0.2) is 29.2 Å². The first kappa shape index (κ1) is 14.4. The van der Waals surface area contributed by atoms with E-state index in [1.807, 2.05) is 24.3 Å². The summed E-state index contributed by atoms with van der Waals surface area (Å²) in [6, 6.07) is 7.97. The second-order valence-corrected chi connectivity index (χ2v) is 6.52. The fourth-order valence-corrected chi connectivity index (χ4v) is 3.28. The molecule has 0 aromatic heterocycles. The SMILES string of the molecule is CCSc1ccccc1NC(=O)CC1(CN)CCC1. The number of hydrogen-bond acceptors (Lipinski definition) is 3. The van der Waals surface area contributed by atoms with Crippen molar-refractivity contribution < 1.29 is 4.79 Å². The molecule has 1 aromatic carbocycles. The van der Waals surface area contributed by atoms with Gasteiger partial charge in [0.2, 0.25) is 5.91 Å². The predicted molar refractivity (Wildman–Crippen MR) is 81.4 cm³/mol. The fourth-order valence-electron chi connectivity index (χ4n) is 2.52. The average molecular weight is 278 g/mol. The van der Waals surface area contributed by atoms with E-state index in [1.54, 1.807) is 11.8 Å². The Bertz CT molecular complexity index is 438. The molecular weight excluding hydrogens is 256 g/mol. The van der Waals surface area contributed by atoms with Crippen molar-refractivity contribution in [1.82, 2.24) is 0 Å². The van der Waals surface area contributed by atoms with Crippen LogP contribution in [0.5, 0.6) is 0 Å².